The number of likely N-dealkylation sites (N-methyl/N-ethyl adjacent to an activating group) is 1. The number of nitrogens with zero attached hydrogens (tertiary/aromatic N) is 2. The van der Waals surface area contributed by atoms with Crippen molar-refractivity contribution < 1.29 is 4.74 Å². The number of morpholine rings is 1. The van der Waals surface area contributed by atoms with Crippen molar-refractivity contribution in [3.05, 3.63) is 29.6 Å². The molecular formula is C17H29N3O. The van der Waals surface area contributed by atoms with Crippen LogP contribution in [0, 0.1) is 0 Å². The maximum Gasteiger partial charge on any atom is 0.0858 e. The van der Waals surface area contributed by atoms with E-state index >= 15 is 0 Å². The second kappa shape index (κ2) is 8.47. The maximum atomic E-state index is 5.99. The number of ether oxygens (including phenoxy) is 1. The standard InChI is InChI=1S/C17H29N3O/c1-4-8-18-16(17-13-20(3)9-10-21-17)11-15-7-6-14(5-2)12-19-15/h6-7,12,16-18H,4-5,8-11,13H2,1-3H3. The summed E-state index contributed by atoms with van der Waals surface area (Å²) in [6, 6.07) is 4.69. The summed E-state index contributed by atoms with van der Waals surface area (Å²) in [6.07, 6.45) is 5.37. The largest absolute Gasteiger partial charge is 0.374 e. The van der Waals surface area contributed by atoms with Gasteiger partial charge in [-0.2, -0.15) is 0 Å². The second-order valence-electron chi connectivity index (χ2n) is 5.95. The van der Waals surface area contributed by atoms with Gasteiger partial charge in [0.25, 0.3) is 0 Å². The number of aromatic nitrogens is 1. The zero-order chi connectivity index (χ0) is 15.1. The van der Waals surface area contributed by atoms with Crippen molar-refractivity contribution in [2.75, 3.05) is 33.3 Å². The molecule has 0 aliphatic carbocycles. The molecule has 1 aliphatic rings. The van der Waals surface area contributed by atoms with E-state index in [-0.39, 0.29) is 6.10 Å². The van der Waals surface area contributed by atoms with Crippen LogP contribution in [-0.4, -0.2) is 55.3 Å². The Morgan fingerprint density at radius 1 is 1.43 bits per heavy atom. The van der Waals surface area contributed by atoms with E-state index in [2.05, 4.69) is 48.2 Å². The van der Waals surface area contributed by atoms with Gasteiger partial charge in [-0.15, -0.1) is 0 Å². The van der Waals surface area contributed by atoms with Crippen LogP contribution in [0.1, 0.15) is 31.5 Å². The Balaban J connectivity index is 2.00. The predicted octanol–water partition coefficient (Wildman–Crippen LogP) is 1.89. The van der Waals surface area contributed by atoms with Crippen molar-refractivity contribution in [2.24, 2.45) is 0 Å². The van der Waals surface area contributed by atoms with Crippen molar-refractivity contribution >= 4 is 0 Å². The van der Waals surface area contributed by atoms with Crippen LogP contribution < -0.4 is 5.32 Å². The van der Waals surface area contributed by atoms with E-state index in [4.69, 9.17) is 4.74 Å². The Morgan fingerprint density at radius 2 is 2.29 bits per heavy atom. The molecule has 2 unspecified atom stereocenters. The van der Waals surface area contributed by atoms with Crippen LogP contribution in [-0.2, 0) is 17.6 Å². The Labute approximate surface area is 128 Å². The lowest BCUT2D eigenvalue weighted by Gasteiger charge is -2.35. The summed E-state index contributed by atoms with van der Waals surface area (Å²) in [5.41, 5.74) is 2.45. The zero-order valence-electron chi connectivity index (χ0n) is 13.6. The van der Waals surface area contributed by atoms with Crippen LogP contribution >= 0.6 is 0 Å². The molecule has 2 atom stereocenters. The maximum absolute atomic E-state index is 5.99. The average molecular weight is 291 g/mol. The van der Waals surface area contributed by atoms with Crippen LogP contribution in [0.2, 0.25) is 0 Å². The molecule has 21 heavy (non-hydrogen) atoms. The monoisotopic (exact) mass is 291 g/mol. The first-order valence-electron chi connectivity index (χ1n) is 8.20. The smallest absolute Gasteiger partial charge is 0.0858 e. The minimum Gasteiger partial charge on any atom is -0.374 e. The summed E-state index contributed by atoms with van der Waals surface area (Å²) >= 11 is 0. The number of pyridine rings is 1. The van der Waals surface area contributed by atoms with Crippen LogP contribution in [0.15, 0.2) is 18.3 Å². The fraction of sp³-hybridized carbons (Fsp3) is 0.706. The normalized spacial score (nSPS) is 21.4. The molecule has 2 heterocycles. The minimum atomic E-state index is 0.253. The SMILES string of the molecule is CCCNC(Cc1ccc(CC)cn1)C1CN(C)CCO1. The molecular weight excluding hydrogens is 262 g/mol. The van der Waals surface area contributed by atoms with Gasteiger partial charge in [0.05, 0.1) is 12.7 Å². The van der Waals surface area contributed by atoms with E-state index in [1.807, 2.05) is 6.20 Å². The lowest BCUT2D eigenvalue weighted by atomic mass is 10.0. The highest BCUT2D eigenvalue weighted by Gasteiger charge is 2.26. The average Bonchev–Trinajstić information content (AvgIpc) is 2.52. The lowest BCUT2D eigenvalue weighted by Crippen LogP contribution is -2.52. The van der Waals surface area contributed by atoms with Crippen LogP contribution in [0.5, 0.6) is 0 Å². The van der Waals surface area contributed by atoms with Gasteiger partial charge in [0.1, 0.15) is 0 Å². The molecule has 0 amide bonds. The van der Waals surface area contributed by atoms with Gasteiger partial charge in [-0.3, -0.25) is 4.98 Å². The predicted molar refractivity (Wildman–Crippen MR) is 86.6 cm³/mol. The molecule has 1 aromatic rings. The molecule has 4 nitrogen and oxygen atoms in total. The highest BCUT2D eigenvalue weighted by molar-refractivity contribution is 5.15. The minimum absolute atomic E-state index is 0.253. The third-order valence-electron chi connectivity index (χ3n) is 4.13. The van der Waals surface area contributed by atoms with Crippen LogP contribution in [0.25, 0.3) is 0 Å². The van der Waals surface area contributed by atoms with Crippen molar-refractivity contribution in [1.29, 1.82) is 0 Å². The van der Waals surface area contributed by atoms with Gasteiger partial charge < -0.3 is 15.0 Å². The lowest BCUT2D eigenvalue weighted by molar-refractivity contribution is -0.0385. The van der Waals surface area contributed by atoms with Gasteiger partial charge in [-0.25, -0.2) is 0 Å². The van der Waals surface area contributed by atoms with Crippen molar-refractivity contribution in [3.63, 3.8) is 0 Å². The molecule has 1 N–H and O–H groups in total. The van der Waals surface area contributed by atoms with Gasteiger partial charge in [0.15, 0.2) is 0 Å². The highest BCUT2D eigenvalue weighted by atomic mass is 16.5. The zero-order valence-corrected chi connectivity index (χ0v) is 13.6. The fourth-order valence-corrected chi connectivity index (χ4v) is 2.73. The van der Waals surface area contributed by atoms with E-state index < -0.39 is 0 Å². The molecule has 0 aromatic carbocycles. The quantitative estimate of drug-likeness (QED) is 0.832. The molecule has 118 valence electrons. The number of rotatable bonds is 7. The van der Waals surface area contributed by atoms with E-state index in [0.717, 1.165) is 51.2 Å². The van der Waals surface area contributed by atoms with Crippen molar-refractivity contribution in [2.45, 2.75) is 45.3 Å². The fourth-order valence-electron chi connectivity index (χ4n) is 2.73. The van der Waals surface area contributed by atoms with Gasteiger partial charge in [0, 0.05) is 37.4 Å². The molecule has 0 radical (unpaired) electrons. The summed E-state index contributed by atoms with van der Waals surface area (Å²) in [7, 11) is 2.17. The summed E-state index contributed by atoms with van der Waals surface area (Å²) in [5.74, 6) is 0. The molecule has 1 aliphatic heterocycles. The Hall–Kier alpha value is -0.970. The summed E-state index contributed by atoms with van der Waals surface area (Å²) in [6.45, 7) is 8.24. The first-order valence-corrected chi connectivity index (χ1v) is 8.20. The summed E-state index contributed by atoms with van der Waals surface area (Å²) in [5, 5.41) is 3.65. The molecule has 0 saturated carbocycles. The van der Waals surface area contributed by atoms with Gasteiger partial charge in [0.2, 0.25) is 0 Å². The number of aryl methyl sites for hydroxylation is 1. The molecule has 0 bridgehead atoms. The van der Waals surface area contributed by atoms with Crippen molar-refractivity contribution in [1.82, 2.24) is 15.2 Å². The van der Waals surface area contributed by atoms with E-state index in [9.17, 15) is 0 Å². The van der Waals surface area contributed by atoms with Crippen LogP contribution in [0.3, 0.4) is 0 Å². The molecule has 4 heteroatoms. The third kappa shape index (κ3) is 5.06. The molecule has 1 aromatic heterocycles. The van der Waals surface area contributed by atoms with Gasteiger partial charge in [-0.05, 0) is 38.1 Å². The summed E-state index contributed by atoms with van der Waals surface area (Å²) < 4.78 is 5.99. The number of nitrogens with one attached hydrogen (secondary N) is 1. The molecule has 1 saturated heterocycles. The first kappa shape index (κ1) is 16.4. The molecule has 1 fully saturated rings. The topological polar surface area (TPSA) is 37.4 Å². The second-order valence-corrected chi connectivity index (χ2v) is 5.95. The first-order chi connectivity index (χ1) is 10.2. The number of hydrogen-bond donors (Lipinski definition) is 1. The molecule has 0 spiro atoms. The van der Waals surface area contributed by atoms with Crippen molar-refractivity contribution in [3.8, 4) is 0 Å². The van der Waals surface area contributed by atoms with Crippen LogP contribution in [0.4, 0.5) is 0 Å². The van der Waals surface area contributed by atoms with Gasteiger partial charge in [-0.1, -0.05) is 19.9 Å². The van der Waals surface area contributed by atoms with E-state index in [1.165, 1.54) is 5.56 Å². The molecule has 2 rings (SSSR count). The Kier molecular flexibility index (Phi) is 6.61. The number of hydrogen-bond acceptors (Lipinski definition) is 4. The highest BCUT2D eigenvalue weighted by Crippen LogP contribution is 2.12. The Morgan fingerprint density at radius 3 is 2.90 bits per heavy atom. The summed E-state index contributed by atoms with van der Waals surface area (Å²) in [4.78, 5) is 6.95. The van der Waals surface area contributed by atoms with Gasteiger partial charge >= 0.3 is 0 Å². The van der Waals surface area contributed by atoms with E-state index in [1.54, 1.807) is 0 Å². The third-order valence-corrected chi connectivity index (χ3v) is 4.13. The Bertz CT molecular complexity index is 407. The van der Waals surface area contributed by atoms with E-state index in [0.29, 0.717) is 6.04 Å².